The molecule has 0 saturated heterocycles. The highest BCUT2D eigenvalue weighted by Crippen LogP contribution is 2.39. The molecule has 0 spiro atoms. The first-order chi connectivity index (χ1) is 9.25. The maximum atomic E-state index is 6.47. The SMILES string of the molecule is CC1CC=CC2=C1N=C(Cl)C1=CCCc3ccn2c31. The standard InChI is InChI=1S/C16H15ClN2/c1-10-4-2-7-13-14(10)18-16(17)12-6-3-5-11-8-9-19(13)15(11)12/h2,6-10H,3-5H2,1H3. The summed E-state index contributed by atoms with van der Waals surface area (Å²) in [5.41, 5.74) is 6.02. The predicted octanol–water partition coefficient (Wildman–Crippen LogP) is 4.23. The van der Waals surface area contributed by atoms with E-state index in [-0.39, 0.29) is 0 Å². The van der Waals surface area contributed by atoms with Gasteiger partial charge in [0.15, 0.2) is 0 Å². The van der Waals surface area contributed by atoms with Crippen molar-refractivity contribution in [2.75, 3.05) is 0 Å². The molecule has 1 unspecified atom stereocenters. The number of nitrogens with zero attached hydrogens (tertiary/aromatic N) is 2. The molecule has 0 N–H and O–H groups in total. The number of hydrogen-bond acceptors (Lipinski definition) is 1. The molecular weight excluding hydrogens is 256 g/mol. The lowest BCUT2D eigenvalue weighted by Gasteiger charge is -2.19. The molecule has 0 bridgehead atoms. The van der Waals surface area contributed by atoms with Crippen molar-refractivity contribution in [3.63, 3.8) is 0 Å². The van der Waals surface area contributed by atoms with Crippen LogP contribution in [-0.2, 0) is 6.42 Å². The first kappa shape index (κ1) is 11.3. The fourth-order valence-electron chi connectivity index (χ4n) is 3.20. The van der Waals surface area contributed by atoms with Gasteiger partial charge in [-0.3, -0.25) is 0 Å². The van der Waals surface area contributed by atoms with Crippen molar-refractivity contribution in [2.45, 2.75) is 26.2 Å². The number of rotatable bonds is 0. The van der Waals surface area contributed by atoms with Crippen molar-refractivity contribution >= 4 is 28.0 Å². The molecule has 4 rings (SSSR count). The van der Waals surface area contributed by atoms with Gasteiger partial charge in [-0.25, -0.2) is 4.99 Å². The van der Waals surface area contributed by atoms with Crippen LogP contribution in [0.4, 0.5) is 0 Å². The molecule has 2 heterocycles. The predicted molar refractivity (Wildman–Crippen MR) is 80.2 cm³/mol. The van der Waals surface area contributed by atoms with Gasteiger partial charge in [0.05, 0.1) is 17.1 Å². The minimum Gasteiger partial charge on any atom is -0.314 e. The minimum atomic E-state index is 0.424. The summed E-state index contributed by atoms with van der Waals surface area (Å²) in [5.74, 6) is 0.424. The second-order valence-corrected chi connectivity index (χ2v) is 5.79. The Morgan fingerprint density at radius 3 is 3.21 bits per heavy atom. The maximum Gasteiger partial charge on any atom is 0.138 e. The fraction of sp³-hybridized carbons (Fsp3) is 0.312. The average Bonchev–Trinajstić information content (AvgIpc) is 2.79. The Hall–Kier alpha value is -1.54. The molecule has 3 aliphatic rings. The monoisotopic (exact) mass is 270 g/mol. The molecule has 0 fully saturated rings. The Morgan fingerprint density at radius 1 is 1.42 bits per heavy atom. The Morgan fingerprint density at radius 2 is 2.32 bits per heavy atom. The summed E-state index contributed by atoms with van der Waals surface area (Å²) in [5, 5.41) is 0.646. The summed E-state index contributed by atoms with van der Waals surface area (Å²) in [6.45, 7) is 2.21. The molecule has 3 heteroatoms. The third-order valence-electron chi connectivity index (χ3n) is 4.18. The molecule has 1 aromatic heterocycles. The molecule has 19 heavy (non-hydrogen) atoms. The lowest BCUT2D eigenvalue weighted by Crippen LogP contribution is -2.09. The van der Waals surface area contributed by atoms with E-state index in [2.05, 4.69) is 42.0 Å². The zero-order valence-electron chi connectivity index (χ0n) is 10.9. The normalized spacial score (nSPS) is 24.4. The second-order valence-electron chi connectivity index (χ2n) is 5.43. The van der Waals surface area contributed by atoms with Crippen LogP contribution in [0, 0.1) is 5.92 Å². The van der Waals surface area contributed by atoms with E-state index < -0.39 is 0 Å². The van der Waals surface area contributed by atoms with Gasteiger partial charge in [-0.2, -0.15) is 0 Å². The highest BCUT2D eigenvalue weighted by molar-refractivity contribution is 6.76. The Labute approximate surface area is 117 Å². The summed E-state index contributed by atoms with van der Waals surface area (Å²) in [7, 11) is 0. The second kappa shape index (κ2) is 3.97. The van der Waals surface area contributed by atoms with Crippen LogP contribution in [0.1, 0.15) is 31.0 Å². The molecule has 0 saturated carbocycles. The van der Waals surface area contributed by atoms with E-state index in [0.29, 0.717) is 11.1 Å². The molecule has 0 aromatic carbocycles. The quantitative estimate of drug-likeness (QED) is 0.671. The lowest BCUT2D eigenvalue weighted by molar-refractivity contribution is 0.676. The van der Waals surface area contributed by atoms with Crippen molar-refractivity contribution in [3.8, 4) is 0 Å². The number of hydrogen-bond donors (Lipinski definition) is 0. The van der Waals surface area contributed by atoms with E-state index >= 15 is 0 Å². The number of aryl methyl sites for hydroxylation is 1. The number of aliphatic imine (C=N–C) groups is 1. The average molecular weight is 271 g/mol. The van der Waals surface area contributed by atoms with Crippen LogP contribution in [-0.4, -0.2) is 9.74 Å². The first-order valence-corrected chi connectivity index (χ1v) is 7.20. The van der Waals surface area contributed by atoms with E-state index in [4.69, 9.17) is 16.6 Å². The Balaban J connectivity index is 2.06. The molecule has 96 valence electrons. The summed E-state index contributed by atoms with van der Waals surface area (Å²) in [4.78, 5) is 4.71. The van der Waals surface area contributed by atoms with Crippen molar-refractivity contribution in [3.05, 3.63) is 47.4 Å². The highest BCUT2D eigenvalue weighted by Gasteiger charge is 2.28. The molecule has 1 aromatic rings. The zero-order chi connectivity index (χ0) is 13.0. The molecule has 0 amide bonds. The van der Waals surface area contributed by atoms with E-state index in [1.165, 1.54) is 17.0 Å². The summed E-state index contributed by atoms with van der Waals surface area (Å²) < 4.78 is 2.26. The smallest absolute Gasteiger partial charge is 0.138 e. The lowest BCUT2D eigenvalue weighted by atomic mass is 9.97. The highest BCUT2D eigenvalue weighted by atomic mass is 35.5. The number of fused-ring (bicyclic) bond motifs is 1. The van der Waals surface area contributed by atoms with Gasteiger partial charge in [-0.15, -0.1) is 0 Å². The van der Waals surface area contributed by atoms with Gasteiger partial charge in [0.1, 0.15) is 5.17 Å². The Bertz CT molecular complexity index is 686. The zero-order valence-corrected chi connectivity index (χ0v) is 11.6. The van der Waals surface area contributed by atoms with E-state index in [9.17, 15) is 0 Å². The van der Waals surface area contributed by atoms with Gasteiger partial charge in [0.25, 0.3) is 0 Å². The van der Waals surface area contributed by atoms with Gasteiger partial charge in [0.2, 0.25) is 0 Å². The van der Waals surface area contributed by atoms with E-state index in [0.717, 1.165) is 30.5 Å². The van der Waals surface area contributed by atoms with Crippen molar-refractivity contribution in [1.82, 2.24) is 4.57 Å². The van der Waals surface area contributed by atoms with Crippen LogP contribution in [0.5, 0.6) is 0 Å². The maximum absolute atomic E-state index is 6.47. The van der Waals surface area contributed by atoms with E-state index in [1.807, 2.05) is 0 Å². The topological polar surface area (TPSA) is 17.3 Å². The molecule has 1 atom stereocenters. The molecule has 1 aliphatic heterocycles. The molecule has 2 nitrogen and oxygen atoms in total. The van der Waals surface area contributed by atoms with Crippen molar-refractivity contribution < 1.29 is 0 Å². The third-order valence-corrected chi connectivity index (χ3v) is 4.47. The third kappa shape index (κ3) is 1.53. The van der Waals surface area contributed by atoms with Gasteiger partial charge in [0, 0.05) is 17.7 Å². The van der Waals surface area contributed by atoms with Crippen molar-refractivity contribution in [2.24, 2.45) is 10.9 Å². The van der Waals surface area contributed by atoms with Gasteiger partial charge in [-0.1, -0.05) is 30.7 Å². The van der Waals surface area contributed by atoms with Crippen LogP contribution in [0.3, 0.4) is 0 Å². The van der Waals surface area contributed by atoms with Crippen molar-refractivity contribution in [1.29, 1.82) is 0 Å². The van der Waals surface area contributed by atoms with Crippen LogP contribution >= 0.6 is 11.6 Å². The van der Waals surface area contributed by atoms with Crippen LogP contribution in [0.15, 0.2) is 41.2 Å². The first-order valence-electron chi connectivity index (χ1n) is 6.82. The summed E-state index contributed by atoms with van der Waals surface area (Å²) >= 11 is 6.47. The van der Waals surface area contributed by atoms with Gasteiger partial charge >= 0.3 is 0 Å². The largest absolute Gasteiger partial charge is 0.314 e. The molecule has 2 aliphatic carbocycles. The van der Waals surface area contributed by atoms with Gasteiger partial charge in [-0.05, 0) is 37.0 Å². The van der Waals surface area contributed by atoms with E-state index in [1.54, 1.807) is 0 Å². The summed E-state index contributed by atoms with van der Waals surface area (Å²) in [6.07, 6.45) is 12.0. The minimum absolute atomic E-state index is 0.424. The van der Waals surface area contributed by atoms with Crippen LogP contribution in [0.25, 0.3) is 11.3 Å². The molecular formula is C16H15ClN2. The number of halogens is 1. The number of aromatic nitrogens is 1. The van der Waals surface area contributed by atoms with Crippen LogP contribution in [0.2, 0.25) is 0 Å². The number of allylic oxidation sites excluding steroid dienone is 6. The summed E-state index contributed by atoms with van der Waals surface area (Å²) in [6, 6.07) is 2.22. The fourth-order valence-corrected chi connectivity index (χ4v) is 3.46. The van der Waals surface area contributed by atoms with Gasteiger partial charge < -0.3 is 4.57 Å². The Kier molecular flexibility index (Phi) is 2.36. The van der Waals surface area contributed by atoms with Crippen LogP contribution < -0.4 is 0 Å². The molecule has 0 radical (unpaired) electrons.